The second kappa shape index (κ2) is 6.07. The van der Waals surface area contributed by atoms with Crippen LogP contribution in [0, 0.1) is 5.82 Å². The molecule has 0 fully saturated rings. The maximum atomic E-state index is 13.0. The molecule has 1 aromatic rings. The monoisotopic (exact) mass is 226 g/mol. The molecule has 0 aliphatic rings. The summed E-state index contributed by atoms with van der Waals surface area (Å²) < 4.78 is 18.3. The summed E-state index contributed by atoms with van der Waals surface area (Å²) in [5.74, 6) is -0.207. The molecule has 1 amide bonds. The maximum Gasteiger partial charge on any atom is 0.220 e. The lowest BCUT2D eigenvalue weighted by Gasteiger charge is -2.10. The normalized spacial score (nSPS) is 10.1. The first-order valence-corrected chi connectivity index (χ1v) is 5.03. The summed E-state index contributed by atoms with van der Waals surface area (Å²) >= 11 is 0. The molecule has 0 aromatic heterocycles. The molecule has 0 aliphatic carbocycles. The third kappa shape index (κ3) is 3.86. The molecular weight excluding hydrogens is 211 g/mol. The Morgan fingerprint density at radius 1 is 1.44 bits per heavy atom. The number of nitrogens with two attached hydrogens (primary N) is 2. The predicted molar refractivity (Wildman–Crippen MR) is 58.5 cm³/mol. The number of hydrogen-bond donors (Lipinski definition) is 2. The predicted octanol–water partition coefficient (Wildman–Crippen LogP) is 0.581. The molecule has 0 atom stereocenters. The van der Waals surface area contributed by atoms with Crippen molar-refractivity contribution < 1.29 is 13.9 Å². The van der Waals surface area contributed by atoms with Crippen LogP contribution in [0.3, 0.4) is 0 Å². The molecule has 1 rings (SSSR count). The van der Waals surface area contributed by atoms with E-state index in [1.807, 2.05) is 0 Å². The third-order valence-electron chi connectivity index (χ3n) is 2.04. The van der Waals surface area contributed by atoms with E-state index in [0.29, 0.717) is 24.3 Å². The second-order valence-electron chi connectivity index (χ2n) is 3.36. The summed E-state index contributed by atoms with van der Waals surface area (Å²) in [6.45, 7) is 0.605. The van der Waals surface area contributed by atoms with Crippen molar-refractivity contribution in [2.45, 2.75) is 12.8 Å². The van der Waals surface area contributed by atoms with E-state index >= 15 is 0 Å². The van der Waals surface area contributed by atoms with Crippen molar-refractivity contribution in [3.63, 3.8) is 0 Å². The molecule has 16 heavy (non-hydrogen) atoms. The summed E-state index contributed by atoms with van der Waals surface area (Å²) in [6, 6.07) is 4.22. The maximum absolute atomic E-state index is 13.0. The molecule has 0 saturated carbocycles. The standard InChI is InChI=1S/C11H15FN2O2/c12-9-1-2-10(8(7-9)3-5-13)16-6-4-11(14)15/h1-2,7H,3-6,13H2,(H2,14,15). The van der Waals surface area contributed by atoms with Gasteiger partial charge in [0.05, 0.1) is 13.0 Å². The number of benzene rings is 1. The number of amides is 1. The van der Waals surface area contributed by atoms with E-state index in [1.54, 1.807) is 0 Å². The smallest absolute Gasteiger partial charge is 0.220 e. The quantitative estimate of drug-likeness (QED) is 0.744. The molecule has 0 radical (unpaired) electrons. The fourth-order valence-electron chi connectivity index (χ4n) is 1.30. The topological polar surface area (TPSA) is 78.3 Å². The number of primary amides is 1. The van der Waals surface area contributed by atoms with Crippen LogP contribution in [0.1, 0.15) is 12.0 Å². The van der Waals surface area contributed by atoms with Gasteiger partial charge in [-0.25, -0.2) is 4.39 Å². The molecule has 4 nitrogen and oxygen atoms in total. The number of carbonyl (C=O) groups is 1. The van der Waals surface area contributed by atoms with Gasteiger partial charge < -0.3 is 16.2 Å². The Morgan fingerprint density at radius 2 is 2.19 bits per heavy atom. The zero-order valence-electron chi connectivity index (χ0n) is 8.91. The van der Waals surface area contributed by atoms with E-state index in [4.69, 9.17) is 16.2 Å². The van der Waals surface area contributed by atoms with Crippen molar-refractivity contribution in [2.24, 2.45) is 11.5 Å². The van der Waals surface area contributed by atoms with Crippen LogP contribution < -0.4 is 16.2 Å². The molecule has 0 bridgehead atoms. The SMILES string of the molecule is NCCc1cc(F)ccc1OCCC(N)=O. The summed E-state index contributed by atoms with van der Waals surface area (Å²) in [5, 5.41) is 0. The van der Waals surface area contributed by atoms with Crippen LogP contribution in [0.2, 0.25) is 0 Å². The Kier molecular flexibility index (Phi) is 4.72. The summed E-state index contributed by atoms with van der Waals surface area (Å²) in [4.78, 5) is 10.5. The van der Waals surface area contributed by atoms with Crippen molar-refractivity contribution in [1.82, 2.24) is 0 Å². The van der Waals surface area contributed by atoms with Gasteiger partial charge in [-0.2, -0.15) is 0 Å². The lowest BCUT2D eigenvalue weighted by molar-refractivity contribution is -0.118. The highest BCUT2D eigenvalue weighted by Crippen LogP contribution is 2.20. The van der Waals surface area contributed by atoms with Gasteiger partial charge >= 0.3 is 0 Å². The molecule has 5 heteroatoms. The van der Waals surface area contributed by atoms with Crippen LogP contribution in [0.25, 0.3) is 0 Å². The molecule has 1 aromatic carbocycles. The van der Waals surface area contributed by atoms with Crippen LogP contribution >= 0.6 is 0 Å². The summed E-state index contributed by atoms with van der Waals surface area (Å²) in [7, 11) is 0. The zero-order valence-corrected chi connectivity index (χ0v) is 8.91. The van der Waals surface area contributed by atoms with E-state index < -0.39 is 5.91 Å². The molecule has 88 valence electrons. The van der Waals surface area contributed by atoms with E-state index in [2.05, 4.69) is 0 Å². The first-order valence-electron chi connectivity index (χ1n) is 5.03. The van der Waals surface area contributed by atoms with Crippen LogP contribution in [0.4, 0.5) is 4.39 Å². The van der Waals surface area contributed by atoms with Gasteiger partial charge in [0.15, 0.2) is 0 Å². The minimum atomic E-state index is -0.428. The first-order chi connectivity index (χ1) is 7.63. The minimum absolute atomic E-state index is 0.138. The third-order valence-corrected chi connectivity index (χ3v) is 2.04. The Hall–Kier alpha value is -1.62. The lowest BCUT2D eigenvalue weighted by atomic mass is 10.1. The van der Waals surface area contributed by atoms with Crippen LogP contribution in [-0.4, -0.2) is 19.1 Å². The molecule has 0 spiro atoms. The van der Waals surface area contributed by atoms with Gasteiger partial charge in [0, 0.05) is 0 Å². The van der Waals surface area contributed by atoms with E-state index in [-0.39, 0.29) is 18.8 Å². The van der Waals surface area contributed by atoms with Crippen LogP contribution in [0.15, 0.2) is 18.2 Å². The summed E-state index contributed by atoms with van der Waals surface area (Å²) in [5.41, 5.74) is 11.1. The van der Waals surface area contributed by atoms with Gasteiger partial charge in [0.25, 0.3) is 0 Å². The molecule has 0 saturated heterocycles. The van der Waals surface area contributed by atoms with Gasteiger partial charge in [0.2, 0.25) is 5.91 Å². The molecule has 0 heterocycles. The highest BCUT2D eigenvalue weighted by Gasteiger charge is 2.05. The molecule has 0 unspecified atom stereocenters. The van der Waals surface area contributed by atoms with Gasteiger partial charge in [-0.15, -0.1) is 0 Å². The number of ether oxygens (including phenoxy) is 1. The average molecular weight is 226 g/mol. The second-order valence-corrected chi connectivity index (χ2v) is 3.36. The highest BCUT2D eigenvalue weighted by molar-refractivity contribution is 5.73. The average Bonchev–Trinajstić information content (AvgIpc) is 2.21. The number of rotatable bonds is 6. The molecule has 4 N–H and O–H groups in total. The van der Waals surface area contributed by atoms with Crippen LogP contribution in [0.5, 0.6) is 5.75 Å². The molecule has 0 aliphatic heterocycles. The Balaban J connectivity index is 2.66. The van der Waals surface area contributed by atoms with Crippen molar-refractivity contribution in [1.29, 1.82) is 0 Å². The van der Waals surface area contributed by atoms with Gasteiger partial charge in [-0.3, -0.25) is 4.79 Å². The number of halogens is 1. The fourth-order valence-corrected chi connectivity index (χ4v) is 1.30. The number of carbonyl (C=O) groups excluding carboxylic acids is 1. The van der Waals surface area contributed by atoms with Crippen molar-refractivity contribution in [3.05, 3.63) is 29.6 Å². The Bertz CT molecular complexity index is 369. The van der Waals surface area contributed by atoms with Gasteiger partial charge in [-0.05, 0) is 36.7 Å². The first kappa shape index (κ1) is 12.4. The van der Waals surface area contributed by atoms with Crippen molar-refractivity contribution in [3.8, 4) is 5.75 Å². The fraction of sp³-hybridized carbons (Fsp3) is 0.364. The van der Waals surface area contributed by atoms with Crippen molar-refractivity contribution in [2.75, 3.05) is 13.2 Å². The number of hydrogen-bond acceptors (Lipinski definition) is 3. The highest BCUT2D eigenvalue weighted by atomic mass is 19.1. The zero-order chi connectivity index (χ0) is 12.0. The largest absolute Gasteiger partial charge is 0.493 e. The van der Waals surface area contributed by atoms with Gasteiger partial charge in [0.1, 0.15) is 11.6 Å². The van der Waals surface area contributed by atoms with E-state index in [9.17, 15) is 9.18 Å². The van der Waals surface area contributed by atoms with Gasteiger partial charge in [-0.1, -0.05) is 0 Å². The van der Waals surface area contributed by atoms with Crippen LogP contribution in [-0.2, 0) is 11.2 Å². The lowest BCUT2D eigenvalue weighted by Crippen LogP contribution is -2.15. The molecular formula is C11H15FN2O2. The summed E-state index contributed by atoms with van der Waals surface area (Å²) in [6.07, 6.45) is 0.670. The Morgan fingerprint density at radius 3 is 2.81 bits per heavy atom. The van der Waals surface area contributed by atoms with E-state index in [0.717, 1.165) is 0 Å². The Labute approximate surface area is 93.4 Å². The van der Waals surface area contributed by atoms with E-state index in [1.165, 1.54) is 18.2 Å². The van der Waals surface area contributed by atoms with Crippen molar-refractivity contribution >= 4 is 5.91 Å². The minimum Gasteiger partial charge on any atom is -0.493 e.